The highest BCUT2D eigenvalue weighted by Crippen LogP contribution is 2.24. The van der Waals surface area contributed by atoms with Crippen LogP contribution >= 0.6 is 0 Å². The van der Waals surface area contributed by atoms with Crippen molar-refractivity contribution in [3.05, 3.63) is 0 Å². The third-order valence-electron chi connectivity index (χ3n) is 2.59. The van der Waals surface area contributed by atoms with Crippen molar-refractivity contribution in [2.24, 2.45) is 5.92 Å². The van der Waals surface area contributed by atoms with Crippen LogP contribution in [0, 0.1) is 5.92 Å². The lowest BCUT2D eigenvalue weighted by Gasteiger charge is -2.35. The summed E-state index contributed by atoms with van der Waals surface area (Å²) in [6, 6.07) is 0. The minimum atomic E-state index is 0.593. The molecule has 10 heavy (non-hydrogen) atoms. The molecule has 2 aliphatic heterocycles. The number of nitrogens with one attached hydrogen (secondary N) is 1. The van der Waals surface area contributed by atoms with E-state index in [9.17, 15) is 0 Å². The molecule has 0 saturated carbocycles. The van der Waals surface area contributed by atoms with Gasteiger partial charge in [-0.3, -0.25) is 0 Å². The zero-order valence-electron chi connectivity index (χ0n) is 6.31. The second kappa shape index (κ2) is 2.89. The molecular weight excluding hydrogens is 126 g/mol. The van der Waals surface area contributed by atoms with Crippen LogP contribution in [0.5, 0.6) is 0 Å². The molecule has 58 valence electrons. The molecular formula is C8H15NO. The van der Waals surface area contributed by atoms with Gasteiger partial charge >= 0.3 is 0 Å². The average molecular weight is 141 g/mol. The maximum atomic E-state index is 5.64. The van der Waals surface area contributed by atoms with Gasteiger partial charge in [0.2, 0.25) is 0 Å². The monoisotopic (exact) mass is 141 g/mol. The van der Waals surface area contributed by atoms with E-state index in [1.807, 2.05) is 0 Å². The number of ether oxygens (including phenoxy) is 1. The van der Waals surface area contributed by atoms with Gasteiger partial charge in [-0.05, 0) is 31.7 Å². The van der Waals surface area contributed by atoms with Gasteiger partial charge in [0.15, 0.2) is 0 Å². The van der Waals surface area contributed by atoms with Crippen molar-refractivity contribution in [2.45, 2.75) is 25.4 Å². The summed E-state index contributed by atoms with van der Waals surface area (Å²) in [5.74, 6) is 0.822. The first-order valence-electron chi connectivity index (χ1n) is 4.29. The SMILES string of the molecule is C1CO[C@@H]2CCNC[C@@H]2C1. The van der Waals surface area contributed by atoms with E-state index in [2.05, 4.69) is 5.32 Å². The molecule has 1 N–H and O–H groups in total. The zero-order chi connectivity index (χ0) is 6.81. The smallest absolute Gasteiger partial charge is 0.0627 e. The van der Waals surface area contributed by atoms with Crippen LogP contribution in [-0.2, 0) is 4.74 Å². The van der Waals surface area contributed by atoms with E-state index in [0.29, 0.717) is 6.10 Å². The molecule has 2 rings (SSSR count). The van der Waals surface area contributed by atoms with Crippen LogP contribution in [-0.4, -0.2) is 25.8 Å². The molecule has 2 atom stereocenters. The number of piperidine rings is 1. The first-order valence-corrected chi connectivity index (χ1v) is 4.29. The molecule has 0 spiro atoms. The largest absolute Gasteiger partial charge is 0.378 e. The Hall–Kier alpha value is -0.0800. The average Bonchev–Trinajstić information content (AvgIpc) is 2.05. The van der Waals surface area contributed by atoms with E-state index in [1.165, 1.54) is 25.8 Å². The number of hydrogen-bond acceptors (Lipinski definition) is 2. The normalized spacial score (nSPS) is 40.8. The molecule has 2 fully saturated rings. The van der Waals surface area contributed by atoms with Crippen LogP contribution in [0.1, 0.15) is 19.3 Å². The Bertz CT molecular complexity index is 89.8. The Kier molecular flexibility index (Phi) is 1.91. The van der Waals surface area contributed by atoms with Crippen molar-refractivity contribution in [1.82, 2.24) is 5.32 Å². The molecule has 2 heteroatoms. The van der Waals surface area contributed by atoms with Gasteiger partial charge in [-0.15, -0.1) is 0 Å². The van der Waals surface area contributed by atoms with Crippen LogP contribution in [0.2, 0.25) is 0 Å². The predicted octanol–water partition coefficient (Wildman–Crippen LogP) is 0.775. The van der Waals surface area contributed by atoms with Crippen molar-refractivity contribution in [3.63, 3.8) is 0 Å². The minimum absolute atomic E-state index is 0.593. The van der Waals surface area contributed by atoms with E-state index in [1.54, 1.807) is 0 Å². The van der Waals surface area contributed by atoms with E-state index in [0.717, 1.165) is 19.1 Å². The van der Waals surface area contributed by atoms with Crippen molar-refractivity contribution >= 4 is 0 Å². The lowest BCUT2D eigenvalue weighted by Crippen LogP contribution is -2.43. The van der Waals surface area contributed by atoms with Crippen molar-refractivity contribution in [2.75, 3.05) is 19.7 Å². The quantitative estimate of drug-likeness (QED) is 0.538. The zero-order valence-corrected chi connectivity index (χ0v) is 6.31. The molecule has 2 aliphatic rings. The first-order chi connectivity index (χ1) is 4.97. The van der Waals surface area contributed by atoms with Crippen molar-refractivity contribution in [1.29, 1.82) is 0 Å². The summed E-state index contributed by atoms with van der Waals surface area (Å²) in [4.78, 5) is 0. The molecule has 0 aromatic carbocycles. The first kappa shape index (κ1) is 6.62. The Balaban J connectivity index is 1.93. The molecule has 0 aliphatic carbocycles. The predicted molar refractivity (Wildman–Crippen MR) is 40.0 cm³/mol. The second-order valence-electron chi connectivity index (χ2n) is 3.30. The van der Waals surface area contributed by atoms with Crippen LogP contribution in [0.4, 0.5) is 0 Å². The highest BCUT2D eigenvalue weighted by molar-refractivity contribution is 4.80. The third kappa shape index (κ3) is 1.18. The van der Waals surface area contributed by atoms with Gasteiger partial charge in [-0.1, -0.05) is 0 Å². The Morgan fingerprint density at radius 2 is 2.30 bits per heavy atom. The topological polar surface area (TPSA) is 21.3 Å². The summed E-state index contributed by atoms with van der Waals surface area (Å²) in [5.41, 5.74) is 0. The fraction of sp³-hybridized carbons (Fsp3) is 1.00. The van der Waals surface area contributed by atoms with E-state index >= 15 is 0 Å². The summed E-state index contributed by atoms with van der Waals surface area (Å²) in [5, 5.41) is 3.40. The van der Waals surface area contributed by atoms with Crippen molar-refractivity contribution < 1.29 is 4.74 Å². The number of hydrogen-bond donors (Lipinski definition) is 1. The van der Waals surface area contributed by atoms with Crippen LogP contribution in [0.25, 0.3) is 0 Å². The summed E-state index contributed by atoms with van der Waals surface area (Å²) >= 11 is 0. The van der Waals surface area contributed by atoms with Gasteiger partial charge in [0.1, 0.15) is 0 Å². The highest BCUT2D eigenvalue weighted by Gasteiger charge is 2.27. The van der Waals surface area contributed by atoms with Gasteiger partial charge in [-0.2, -0.15) is 0 Å². The lowest BCUT2D eigenvalue weighted by molar-refractivity contribution is -0.0406. The van der Waals surface area contributed by atoms with E-state index in [4.69, 9.17) is 4.74 Å². The summed E-state index contributed by atoms with van der Waals surface area (Å²) in [7, 11) is 0. The minimum Gasteiger partial charge on any atom is -0.378 e. The fourth-order valence-corrected chi connectivity index (χ4v) is 1.99. The number of fused-ring (bicyclic) bond motifs is 1. The highest BCUT2D eigenvalue weighted by atomic mass is 16.5. The summed E-state index contributed by atoms with van der Waals surface area (Å²) < 4.78 is 5.64. The van der Waals surface area contributed by atoms with Crippen LogP contribution in [0.3, 0.4) is 0 Å². The Labute approximate surface area is 61.9 Å². The van der Waals surface area contributed by atoms with Gasteiger partial charge < -0.3 is 10.1 Å². The molecule has 0 unspecified atom stereocenters. The van der Waals surface area contributed by atoms with Crippen molar-refractivity contribution in [3.8, 4) is 0 Å². The van der Waals surface area contributed by atoms with Gasteiger partial charge in [0.05, 0.1) is 6.10 Å². The summed E-state index contributed by atoms with van der Waals surface area (Å²) in [6.45, 7) is 3.34. The van der Waals surface area contributed by atoms with Gasteiger partial charge in [-0.25, -0.2) is 0 Å². The Morgan fingerprint density at radius 1 is 1.30 bits per heavy atom. The van der Waals surface area contributed by atoms with Crippen LogP contribution < -0.4 is 5.32 Å². The molecule has 0 amide bonds. The van der Waals surface area contributed by atoms with Gasteiger partial charge in [0, 0.05) is 13.2 Å². The number of rotatable bonds is 0. The molecule has 0 bridgehead atoms. The van der Waals surface area contributed by atoms with Gasteiger partial charge in [0.25, 0.3) is 0 Å². The molecule has 2 heterocycles. The maximum absolute atomic E-state index is 5.64. The standard InChI is InChI=1S/C8H15NO/c1-2-7-6-9-4-3-8(7)10-5-1/h7-9H,1-6H2/t7-,8+/m0/s1. The molecule has 2 saturated heterocycles. The second-order valence-corrected chi connectivity index (χ2v) is 3.30. The third-order valence-corrected chi connectivity index (χ3v) is 2.59. The Morgan fingerprint density at radius 3 is 3.20 bits per heavy atom. The fourth-order valence-electron chi connectivity index (χ4n) is 1.99. The van der Waals surface area contributed by atoms with Crippen LogP contribution in [0.15, 0.2) is 0 Å². The van der Waals surface area contributed by atoms with E-state index < -0.39 is 0 Å². The summed E-state index contributed by atoms with van der Waals surface area (Å²) in [6.07, 6.45) is 4.46. The molecule has 0 radical (unpaired) electrons. The van der Waals surface area contributed by atoms with E-state index in [-0.39, 0.29) is 0 Å². The molecule has 0 aromatic heterocycles. The maximum Gasteiger partial charge on any atom is 0.0627 e. The molecule has 2 nitrogen and oxygen atoms in total. The lowest BCUT2D eigenvalue weighted by atomic mass is 9.90. The molecule has 0 aromatic rings.